The smallest absolute Gasteiger partial charge is 0.306 e. The van der Waals surface area contributed by atoms with Crippen molar-refractivity contribution < 1.29 is 28.6 Å². The van der Waals surface area contributed by atoms with Crippen molar-refractivity contribution >= 4 is 17.9 Å². The fraction of sp³-hybridized carbons (Fsp3) is 0.860. The van der Waals surface area contributed by atoms with Gasteiger partial charge in [-0.2, -0.15) is 0 Å². The molecule has 0 aromatic rings. The Morgan fingerprint density at radius 3 is 0.911 bits per heavy atom. The van der Waals surface area contributed by atoms with E-state index in [9.17, 15) is 14.4 Å². The Morgan fingerprint density at radius 1 is 0.339 bits per heavy atom. The first kappa shape index (κ1) is 53.9. The van der Waals surface area contributed by atoms with Crippen LogP contribution in [0.25, 0.3) is 0 Å². The summed E-state index contributed by atoms with van der Waals surface area (Å²) in [4.78, 5) is 37.8. The average molecular weight is 789 g/mol. The topological polar surface area (TPSA) is 78.9 Å². The SMILES string of the molecule is CCCCCC/C=C\CCCCCCCC(=O)OC(COC(=O)CCCCCCC/C=C\CCCCCCCCC)COC(=O)CCCCCCCCCCC. The van der Waals surface area contributed by atoms with Gasteiger partial charge in [0.25, 0.3) is 0 Å². The monoisotopic (exact) mass is 789 g/mol. The molecule has 0 rings (SSSR count). The van der Waals surface area contributed by atoms with Crippen LogP contribution < -0.4 is 0 Å². The number of rotatable bonds is 44. The van der Waals surface area contributed by atoms with E-state index >= 15 is 0 Å². The van der Waals surface area contributed by atoms with Crippen molar-refractivity contribution in [1.29, 1.82) is 0 Å². The van der Waals surface area contributed by atoms with Crippen LogP contribution in [-0.4, -0.2) is 37.2 Å². The summed E-state index contributed by atoms with van der Waals surface area (Å²) in [6.45, 7) is 6.60. The molecule has 0 spiro atoms. The van der Waals surface area contributed by atoms with Crippen LogP contribution in [0.3, 0.4) is 0 Å². The molecule has 1 atom stereocenters. The van der Waals surface area contributed by atoms with E-state index in [0.717, 1.165) is 70.6 Å². The number of hydrogen-bond donors (Lipinski definition) is 0. The first-order valence-electron chi connectivity index (χ1n) is 24.3. The van der Waals surface area contributed by atoms with Gasteiger partial charge in [0.2, 0.25) is 0 Å². The molecule has 0 N–H and O–H groups in total. The largest absolute Gasteiger partial charge is 0.462 e. The summed E-state index contributed by atoms with van der Waals surface area (Å²) in [5.41, 5.74) is 0. The highest BCUT2D eigenvalue weighted by molar-refractivity contribution is 5.71. The molecule has 1 unspecified atom stereocenters. The zero-order valence-electron chi connectivity index (χ0n) is 37.4. The lowest BCUT2D eigenvalue weighted by atomic mass is 10.1. The lowest BCUT2D eigenvalue weighted by Crippen LogP contribution is -2.30. The molecule has 0 radical (unpaired) electrons. The normalized spacial score (nSPS) is 12.1. The lowest BCUT2D eigenvalue weighted by Gasteiger charge is -2.18. The molecular formula is C50H92O6. The molecule has 0 aromatic heterocycles. The van der Waals surface area contributed by atoms with Crippen molar-refractivity contribution in [3.05, 3.63) is 24.3 Å². The van der Waals surface area contributed by atoms with Gasteiger partial charge in [0, 0.05) is 19.3 Å². The van der Waals surface area contributed by atoms with Crippen molar-refractivity contribution in [2.45, 2.75) is 264 Å². The van der Waals surface area contributed by atoms with Crippen LogP contribution in [0.2, 0.25) is 0 Å². The Kier molecular flexibility index (Phi) is 43.9. The molecule has 0 aromatic carbocycles. The third-order valence-corrected chi connectivity index (χ3v) is 10.7. The summed E-state index contributed by atoms with van der Waals surface area (Å²) in [5.74, 6) is -0.887. The average Bonchev–Trinajstić information content (AvgIpc) is 3.19. The van der Waals surface area contributed by atoms with Crippen molar-refractivity contribution in [2.75, 3.05) is 13.2 Å². The van der Waals surface area contributed by atoms with Gasteiger partial charge < -0.3 is 14.2 Å². The highest BCUT2D eigenvalue weighted by Gasteiger charge is 2.19. The summed E-state index contributed by atoms with van der Waals surface area (Å²) < 4.78 is 16.7. The third-order valence-electron chi connectivity index (χ3n) is 10.7. The molecule has 6 nitrogen and oxygen atoms in total. The number of allylic oxidation sites excluding steroid dienone is 4. The Balaban J connectivity index is 4.33. The number of carbonyl (C=O) groups excluding carboxylic acids is 3. The number of unbranched alkanes of at least 4 members (excludes halogenated alkanes) is 29. The van der Waals surface area contributed by atoms with Crippen molar-refractivity contribution in [3.63, 3.8) is 0 Å². The molecule has 0 aliphatic heterocycles. The van der Waals surface area contributed by atoms with Crippen LogP contribution in [0.5, 0.6) is 0 Å². The van der Waals surface area contributed by atoms with E-state index in [-0.39, 0.29) is 31.1 Å². The minimum absolute atomic E-state index is 0.0745. The van der Waals surface area contributed by atoms with E-state index in [2.05, 4.69) is 45.1 Å². The van der Waals surface area contributed by atoms with Crippen LogP contribution in [0.1, 0.15) is 258 Å². The molecule has 6 heteroatoms. The number of ether oxygens (including phenoxy) is 3. The second kappa shape index (κ2) is 45.6. The molecule has 0 amide bonds. The summed E-state index contributed by atoms with van der Waals surface area (Å²) in [6, 6.07) is 0. The standard InChI is InChI=1S/C50H92O6/c1-4-7-10-13-16-19-21-23-24-25-27-28-31-34-37-40-43-49(52)55-46-47(45-54-48(51)42-39-36-33-30-18-15-12-9-6-3)56-50(53)44-41-38-35-32-29-26-22-20-17-14-11-8-5-2/h20,22,24-25,47H,4-19,21,23,26-46H2,1-3H3/b22-20-,25-24-. The van der Waals surface area contributed by atoms with Crippen LogP contribution in [0, 0.1) is 0 Å². The van der Waals surface area contributed by atoms with Gasteiger partial charge in [0.15, 0.2) is 6.10 Å². The summed E-state index contributed by atoms with van der Waals surface area (Å²) >= 11 is 0. The van der Waals surface area contributed by atoms with Crippen LogP contribution in [0.4, 0.5) is 0 Å². The Hall–Kier alpha value is -2.11. The molecule has 0 saturated heterocycles. The second-order valence-corrected chi connectivity index (χ2v) is 16.4. The van der Waals surface area contributed by atoms with Crippen LogP contribution >= 0.6 is 0 Å². The molecule has 328 valence electrons. The third kappa shape index (κ3) is 43.0. The molecule has 0 heterocycles. The van der Waals surface area contributed by atoms with E-state index in [1.54, 1.807) is 0 Å². The zero-order valence-corrected chi connectivity index (χ0v) is 37.4. The van der Waals surface area contributed by atoms with Crippen LogP contribution in [-0.2, 0) is 28.6 Å². The number of esters is 3. The van der Waals surface area contributed by atoms with Crippen molar-refractivity contribution in [2.24, 2.45) is 0 Å². The van der Waals surface area contributed by atoms with Crippen molar-refractivity contribution in [3.8, 4) is 0 Å². The van der Waals surface area contributed by atoms with E-state index in [0.29, 0.717) is 19.3 Å². The minimum atomic E-state index is -0.772. The molecule has 0 fully saturated rings. The van der Waals surface area contributed by atoms with Crippen LogP contribution in [0.15, 0.2) is 24.3 Å². The van der Waals surface area contributed by atoms with E-state index in [4.69, 9.17) is 14.2 Å². The molecular weight excluding hydrogens is 697 g/mol. The predicted octanol–water partition coefficient (Wildman–Crippen LogP) is 15.6. The first-order chi connectivity index (χ1) is 27.5. The Bertz CT molecular complexity index is 911. The fourth-order valence-corrected chi connectivity index (χ4v) is 6.96. The van der Waals surface area contributed by atoms with Gasteiger partial charge in [0.05, 0.1) is 0 Å². The zero-order chi connectivity index (χ0) is 40.8. The summed E-state index contributed by atoms with van der Waals surface area (Å²) in [7, 11) is 0. The van der Waals surface area contributed by atoms with Gasteiger partial charge in [-0.3, -0.25) is 14.4 Å². The second-order valence-electron chi connectivity index (χ2n) is 16.4. The maximum Gasteiger partial charge on any atom is 0.306 e. The number of hydrogen-bond acceptors (Lipinski definition) is 6. The summed E-state index contributed by atoms with van der Waals surface area (Å²) in [6.07, 6.45) is 50.2. The van der Waals surface area contributed by atoms with Gasteiger partial charge in [-0.25, -0.2) is 0 Å². The molecule has 0 bridgehead atoms. The van der Waals surface area contributed by atoms with Gasteiger partial charge in [-0.05, 0) is 70.6 Å². The van der Waals surface area contributed by atoms with E-state index in [1.807, 2.05) is 0 Å². The molecule has 0 aliphatic carbocycles. The van der Waals surface area contributed by atoms with Gasteiger partial charge in [-0.1, -0.05) is 193 Å². The minimum Gasteiger partial charge on any atom is -0.462 e. The van der Waals surface area contributed by atoms with E-state index in [1.165, 1.54) is 148 Å². The first-order valence-corrected chi connectivity index (χ1v) is 24.3. The summed E-state index contributed by atoms with van der Waals surface area (Å²) in [5, 5.41) is 0. The Morgan fingerprint density at radius 2 is 0.589 bits per heavy atom. The maximum absolute atomic E-state index is 12.7. The fourth-order valence-electron chi connectivity index (χ4n) is 6.96. The van der Waals surface area contributed by atoms with Crippen molar-refractivity contribution in [1.82, 2.24) is 0 Å². The van der Waals surface area contributed by atoms with Gasteiger partial charge in [0.1, 0.15) is 13.2 Å². The highest BCUT2D eigenvalue weighted by atomic mass is 16.6. The molecule has 56 heavy (non-hydrogen) atoms. The quantitative estimate of drug-likeness (QED) is 0.0265. The van der Waals surface area contributed by atoms with Gasteiger partial charge in [-0.15, -0.1) is 0 Å². The highest BCUT2D eigenvalue weighted by Crippen LogP contribution is 2.14. The lowest BCUT2D eigenvalue weighted by molar-refractivity contribution is -0.167. The molecule has 0 aliphatic rings. The number of carbonyl (C=O) groups is 3. The van der Waals surface area contributed by atoms with E-state index < -0.39 is 6.10 Å². The molecule has 0 saturated carbocycles. The Labute approximate surface area is 347 Å². The predicted molar refractivity (Wildman–Crippen MR) is 238 cm³/mol. The maximum atomic E-state index is 12.7. The van der Waals surface area contributed by atoms with Gasteiger partial charge >= 0.3 is 17.9 Å².